The molecule has 0 fully saturated rings. The van der Waals surface area contributed by atoms with Gasteiger partial charge in [0.05, 0.1) is 23.2 Å². The fraction of sp³-hybridized carbons (Fsp3) is 0.143. The van der Waals surface area contributed by atoms with Crippen molar-refractivity contribution in [1.29, 1.82) is 0 Å². The first kappa shape index (κ1) is 13.4. The average Bonchev–Trinajstić information content (AvgIpc) is 2.39. The molecule has 18 heavy (non-hydrogen) atoms. The van der Waals surface area contributed by atoms with Gasteiger partial charge in [0.1, 0.15) is 11.5 Å². The number of methoxy groups -OCH3 is 2. The van der Waals surface area contributed by atoms with E-state index in [1.165, 1.54) is 0 Å². The normalized spacial score (nSPS) is 10.2. The zero-order valence-electron chi connectivity index (χ0n) is 10.0. The van der Waals surface area contributed by atoms with Gasteiger partial charge in [-0.25, -0.2) is 0 Å². The van der Waals surface area contributed by atoms with Gasteiger partial charge in [-0.05, 0) is 61.2 Å². The largest absolute Gasteiger partial charge is 0.497 e. The Labute approximate surface area is 123 Å². The molecular formula is C14H12Br2O2. The molecule has 2 aromatic rings. The minimum absolute atomic E-state index is 0.787. The molecule has 0 radical (unpaired) electrons. The SMILES string of the molecule is COc1cccc(-c2ccc(Br)c(OC)c2Br)c1. The van der Waals surface area contributed by atoms with Crippen LogP contribution in [-0.2, 0) is 0 Å². The highest BCUT2D eigenvalue weighted by Crippen LogP contribution is 2.40. The molecule has 0 aromatic heterocycles. The minimum Gasteiger partial charge on any atom is -0.497 e. The summed E-state index contributed by atoms with van der Waals surface area (Å²) in [6.07, 6.45) is 0. The van der Waals surface area contributed by atoms with E-state index in [0.717, 1.165) is 31.6 Å². The summed E-state index contributed by atoms with van der Waals surface area (Å²) in [5.74, 6) is 1.62. The first-order chi connectivity index (χ1) is 8.67. The third-order valence-electron chi connectivity index (χ3n) is 2.63. The van der Waals surface area contributed by atoms with Crippen LogP contribution in [-0.4, -0.2) is 14.2 Å². The predicted octanol–water partition coefficient (Wildman–Crippen LogP) is 4.90. The predicted molar refractivity (Wildman–Crippen MR) is 80.4 cm³/mol. The van der Waals surface area contributed by atoms with Crippen LogP contribution in [0.15, 0.2) is 45.3 Å². The molecule has 0 amide bonds. The van der Waals surface area contributed by atoms with Gasteiger partial charge in [0.25, 0.3) is 0 Å². The lowest BCUT2D eigenvalue weighted by Gasteiger charge is -2.12. The van der Waals surface area contributed by atoms with E-state index in [-0.39, 0.29) is 0 Å². The summed E-state index contributed by atoms with van der Waals surface area (Å²) in [5.41, 5.74) is 2.14. The lowest BCUT2D eigenvalue weighted by molar-refractivity contribution is 0.409. The van der Waals surface area contributed by atoms with Crippen molar-refractivity contribution in [2.75, 3.05) is 14.2 Å². The molecule has 0 atom stereocenters. The van der Waals surface area contributed by atoms with Crippen LogP contribution in [0, 0.1) is 0 Å². The van der Waals surface area contributed by atoms with Gasteiger partial charge in [-0.1, -0.05) is 18.2 Å². The molecular weight excluding hydrogens is 360 g/mol. The Bertz CT molecular complexity index is 568. The van der Waals surface area contributed by atoms with Crippen LogP contribution in [0.4, 0.5) is 0 Å². The van der Waals surface area contributed by atoms with E-state index in [4.69, 9.17) is 9.47 Å². The van der Waals surface area contributed by atoms with Gasteiger partial charge in [-0.2, -0.15) is 0 Å². The van der Waals surface area contributed by atoms with Crippen molar-refractivity contribution in [3.8, 4) is 22.6 Å². The van der Waals surface area contributed by atoms with E-state index in [1.54, 1.807) is 14.2 Å². The lowest BCUT2D eigenvalue weighted by Crippen LogP contribution is -1.90. The third-order valence-corrected chi connectivity index (χ3v) is 4.05. The fourth-order valence-electron chi connectivity index (χ4n) is 1.73. The molecule has 0 bridgehead atoms. The number of benzene rings is 2. The summed E-state index contributed by atoms with van der Waals surface area (Å²) in [6, 6.07) is 11.9. The zero-order valence-corrected chi connectivity index (χ0v) is 13.2. The number of ether oxygens (including phenoxy) is 2. The number of halogens is 2. The van der Waals surface area contributed by atoms with Gasteiger partial charge in [0.2, 0.25) is 0 Å². The maximum absolute atomic E-state index is 5.37. The summed E-state index contributed by atoms with van der Waals surface area (Å²) < 4.78 is 12.5. The Morgan fingerprint density at radius 3 is 2.39 bits per heavy atom. The molecule has 94 valence electrons. The van der Waals surface area contributed by atoms with Crippen molar-refractivity contribution in [2.24, 2.45) is 0 Å². The van der Waals surface area contributed by atoms with Crippen molar-refractivity contribution >= 4 is 31.9 Å². The van der Waals surface area contributed by atoms with Crippen LogP contribution < -0.4 is 9.47 Å². The van der Waals surface area contributed by atoms with Crippen LogP contribution in [0.3, 0.4) is 0 Å². The molecule has 2 nitrogen and oxygen atoms in total. The Morgan fingerprint density at radius 1 is 0.944 bits per heavy atom. The Morgan fingerprint density at radius 2 is 1.72 bits per heavy atom. The van der Waals surface area contributed by atoms with Crippen molar-refractivity contribution in [1.82, 2.24) is 0 Å². The quantitative estimate of drug-likeness (QED) is 0.764. The Hall–Kier alpha value is -1.00. The summed E-state index contributed by atoms with van der Waals surface area (Å²) in [7, 11) is 3.32. The average molecular weight is 372 g/mol. The van der Waals surface area contributed by atoms with E-state index in [0.29, 0.717) is 0 Å². The van der Waals surface area contributed by atoms with E-state index < -0.39 is 0 Å². The molecule has 0 saturated carbocycles. The molecule has 2 aromatic carbocycles. The molecule has 0 aliphatic rings. The molecule has 0 aliphatic heterocycles. The number of rotatable bonds is 3. The van der Waals surface area contributed by atoms with E-state index in [2.05, 4.69) is 31.9 Å². The third kappa shape index (κ3) is 2.54. The van der Waals surface area contributed by atoms with Gasteiger partial charge in [0.15, 0.2) is 0 Å². The van der Waals surface area contributed by atoms with Crippen LogP contribution in [0.1, 0.15) is 0 Å². The second-order valence-electron chi connectivity index (χ2n) is 3.67. The van der Waals surface area contributed by atoms with Crippen molar-refractivity contribution < 1.29 is 9.47 Å². The van der Waals surface area contributed by atoms with Crippen molar-refractivity contribution in [3.05, 3.63) is 45.3 Å². The molecule has 4 heteroatoms. The fourth-order valence-corrected chi connectivity index (χ4v) is 3.23. The lowest BCUT2D eigenvalue weighted by atomic mass is 10.1. The standard InChI is InChI=1S/C14H12Br2O2/c1-17-10-5-3-4-9(8-10)11-6-7-12(15)14(18-2)13(11)16/h3-8H,1-2H3. The van der Waals surface area contributed by atoms with Crippen LogP contribution in [0.5, 0.6) is 11.5 Å². The second-order valence-corrected chi connectivity index (χ2v) is 5.32. The van der Waals surface area contributed by atoms with Gasteiger partial charge in [-0.15, -0.1) is 0 Å². The summed E-state index contributed by atoms with van der Waals surface area (Å²) in [4.78, 5) is 0. The Balaban J connectivity index is 2.57. The van der Waals surface area contributed by atoms with Gasteiger partial charge >= 0.3 is 0 Å². The minimum atomic E-state index is 0.787. The molecule has 0 heterocycles. The second kappa shape index (κ2) is 5.76. The van der Waals surface area contributed by atoms with Crippen LogP contribution >= 0.6 is 31.9 Å². The highest BCUT2D eigenvalue weighted by Gasteiger charge is 2.12. The van der Waals surface area contributed by atoms with Crippen molar-refractivity contribution in [2.45, 2.75) is 0 Å². The van der Waals surface area contributed by atoms with E-state index >= 15 is 0 Å². The molecule has 0 spiro atoms. The molecule has 0 N–H and O–H groups in total. The molecule has 2 rings (SSSR count). The van der Waals surface area contributed by atoms with E-state index in [9.17, 15) is 0 Å². The first-order valence-electron chi connectivity index (χ1n) is 5.33. The van der Waals surface area contributed by atoms with Gasteiger partial charge in [0, 0.05) is 0 Å². The topological polar surface area (TPSA) is 18.5 Å². The maximum atomic E-state index is 5.37. The summed E-state index contributed by atoms with van der Waals surface area (Å²) in [6.45, 7) is 0. The highest BCUT2D eigenvalue weighted by molar-refractivity contribution is 9.11. The van der Waals surface area contributed by atoms with Crippen LogP contribution in [0.25, 0.3) is 11.1 Å². The van der Waals surface area contributed by atoms with E-state index in [1.807, 2.05) is 36.4 Å². The highest BCUT2D eigenvalue weighted by atomic mass is 79.9. The summed E-state index contributed by atoms with van der Waals surface area (Å²) in [5, 5.41) is 0. The number of hydrogen-bond donors (Lipinski definition) is 0. The number of hydrogen-bond acceptors (Lipinski definition) is 2. The van der Waals surface area contributed by atoms with Crippen molar-refractivity contribution in [3.63, 3.8) is 0 Å². The maximum Gasteiger partial charge on any atom is 0.147 e. The molecule has 0 saturated heterocycles. The van der Waals surface area contributed by atoms with Gasteiger partial charge in [-0.3, -0.25) is 0 Å². The Kier molecular flexibility index (Phi) is 4.30. The van der Waals surface area contributed by atoms with Crippen LogP contribution in [0.2, 0.25) is 0 Å². The molecule has 0 unspecified atom stereocenters. The monoisotopic (exact) mass is 370 g/mol. The smallest absolute Gasteiger partial charge is 0.147 e. The summed E-state index contributed by atoms with van der Waals surface area (Å²) >= 11 is 7.04. The zero-order chi connectivity index (χ0) is 13.1. The molecule has 0 aliphatic carbocycles. The first-order valence-corrected chi connectivity index (χ1v) is 6.92. The van der Waals surface area contributed by atoms with Gasteiger partial charge < -0.3 is 9.47 Å².